The van der Waals surface area contributed by atoms with E-state index in [0.29, 0.717) is 11.4 Å². The molecule has 0 amide bonds. The molecule has 0 saturated heterocycles. The molecule has 3 heteroatoms. The van der Waals surface area contributed by atoms with Crippen LogP contribution in [0.2, 0.25) is 0 Å². The van der Waals surface area contributed by atoms with Gasteiger partial charge in [-0.1, -0.05) is 19.9 Å². The third kappa shape index (κ3) is 2.10. The SMILES string of the molecule is C=C(CCC)c1nc(C)[nH]c(=O)c1C. The third-order valence-electron chi connectivity index (χ3n) is 2.16. The van der Waals surface area contributed by atoms with Crippen molar-refractivity contribution in [2.24, 2.45) is 0 Å². The number of aromatic amines is 1. The summed E-state index contributed by atoms with van der Waals surface area (Å²) in [6.45, 7) is 9.59. The number of nitrogens with zero attached hydrogens (tertiary/aromatic N) is 1. The van der Waals surface area contributed by atoms with Crippen molar-refractivity contribution in [2.75, 3.05) is 0 Å². The molecule has 1 heterocycles. The molecule has 0 fully saturated rings. The summed E-state index contributed by atoms with van der Waals surface area (Å²) in [6.07, 6.45) is 1.91. The van der Waals surface area contributed by atoms with Gasteiger partial charge in [-0.2, -0.15) is 0 Å². The van der Waals surface area contributed by atoms with Crippen molar-refractivity contribution < 1.29 is 0 Å². The van der Waals surface area contributed by atoms with Crippen LogP contribution in [0.15, 0.2) is 11.4 Å². The average molecular weight is 192 g/mol. The smallest absolute Gasteiger partial charge is 0.254 e. The Labute approximate surface area is 83.9 Å². The van der Waals surface area contributed by atoms with Crippen LogP contribution in [0.4, 0.5) is 0 Å². The van der Waals surface area contributed by atoms with Crippen molar-refractivity contribution in [3.8, 4) is 0 Å². The van der Waals surface area contributed by atoms with Gasteiger partial charge in [-0.05, 0) is 25.8 Å². The van der Waals surface area contributed by atoms with Crippen LogP contribution < -0.4 is 5.56 Å². The van der Waals surface area contributed by atoms with Crippen molar-refractivity contribution in [1.82, 2.24) is 9.97 Å². The lowest BCUT2D eigenvalue weighted by atomic mass is 10.1. The number of H-pyrrole nitrogens is 1. The molecule has 1 aromatic heterocycles. The second-order valence-electron chi connectivity index (χ2n) is 3.48. The number of aryl methyl sites for hydroxylation is 1. The van der Waals surface area contributed by atoms with E-state index in [1.807, 2.05) is 0 Å². The van der Waals surface area contributed by atoms with E-state index >= 15 is 0 Å². The highest BCUT2D eigenvalue weighted by Gasteiger charge is 2.07. The van der Waals surface area contributed by atoms with Gasteiger partial charge in [-0.25, -0.2) is 4.98 Å². The van der Waals surface area contributed by atoms with Crippen LogP contribution >= 0.6 is 0 Å². The van der Waals surface area contributed by atoms with Crippen LogP contribution in [0.5, 0.6) is 0 Å². The normalized spacial score (nSPS) is 10.2. The van der Waals surface area contributed by atoms with Crippen molar-refractivity contribution in [3.05, 3.63) is 34.0 Å². The quantitative estimate of drug-likeness (QED) is 0.798. The first-order chi connectivity index (χ1) is 6.56. The Kier molecular flexibility index (Phi) is 3.23. The summed E-state index contributed by atoms with van der Waals surface area (Å²) in [5.41, 5.74) is 2.30. The molecule has 0 spiro atoms. The molecule has 0 aliphatic carbocycles. The van der Waals surface area contributed by atoms with E-state index in [2.05, 4.69) is 23.5 Å². The van der Waals surface area contributed by atoms with Crippen LogP contribution in [-0.2, 0) is 0 Å². The van der Waals surface area contributed by atoms with Crippen LogP contribution in [0.3, 0.4) is 0 Å². The van der Waals surface area contributed by atoms with Crippen molar-refractivity contribution >= 4 is 5.57 Å². The molecule has 0 radical (unpaired) electrons. The molecule has 0 atom stereocenters. The van der Waals surface area contributed by atoms with E-state index in [1.54, 1.807) is 13.8 Å². The molecule has 1 N–H and O–H groups in total. The molecular formula is C11H16N2O. The highest BCUT2D eigenvalue weighted by molar-refractivity contribution is 5.62. The summed E-state index contributed by atoms with van der Waals surface area (Å²) in [5, 5.41) is 0. The lowest BCUT2D eigenvalue weighted by molar-refractivity contribution is 0.932. The number of rotatable bonds is 3. The molecule has 0 aliphatic heterocycles. The number of hydrogen-bond donors (Lipinski definition) is 1. The topological polar surface area (TPSA) is 45.8 Å². The van der Waals surface area contributed by atoms with Gasteiger partial charge in [0.25, 0.3) is 5.56 Å². The standard InChI is InChI=1S/C11H16N2O/c1-5-6-7(2)10-8(3)11(14)13-9(4)12-10/h2,5-6H2,1,3-4H3,(H,12,13,14). The van der Waals surface area contributed by atoms with E-state index in [4.69, 9.17) is 0 Å². The number of nitrogens with one attached hydrogen (secondary N) is 1. The molecule has 14 heavy (non-hydrogen) atoms. The molecule has 0 saturated carbocycles. The zero-order valence-corrected chi connectivity index (χ0v) is 8.98. The maximum atomic E-state index is 11.4. The fraction of sp³-hybridized carbons (Fsp3) is 0.455. The van der Waals surface area contributed by atoms with Crippen LogP contribution in [0.1, 0.15) is 36.8 Å². The predicted molar refractivity (Wildman–Crippen MR) is 58.3 cm³/mol. The van der Waals surface area contributed by atoms with Crippen molar-refractivity contribution in [3.63, 3.8) is 0 Å². The Bertz CT molecular complexity index is 404. The van der Waals surface area contributed by atoms with Crippen LogP contribution in [0, 0.1) is 13.8 Å². The summed E-state index contributed by atoms with van der Waals surface area (Å²) in [5.74, 6) is 0.646. The summed E-state index contributed by atoms with van der Waals surface area (Å²) < 4.78 is 0. The van der Waals surface area contributed by atoms with E-state index in [-0.39, 0.29) is 5.56 Å². The minimum absolute atomic E-state index is 0.0650. The Morgan fingerprint density at radius 1 is 1.50 bits per heavy atom. The maximum Gasteiger partial charge on any atom is 0.254 e. The zero-order chi connectivity index (χ0) is 10.7. The molecule has 0 bridgehead atoms. The van der Waals surface area contributed by atoms with Gasteiger partial charge in [-0.3, -0.25) is 4.79 Å². The van der Waals surface area contributed by atoms with Gasteiger partial charge in [0.2, 0.25) is 0 Å². The van der Waals surface area contributed by atoms with E-state index in [0.717, 1.165) is 24.1 Å². The fourth-order valence-electron chi connectivity index (χ4n) is 1.41. The molecule has 3 nitrogen and oxygen atoms in total. The molecule has 0 aromatic carbocycles. The third-order valence-corrected chi connectivity index (χ3v) is 2.16. The van der Waals surface area contributed by atoms with Gasteiger partial charge in [0.1, 0.15) is 5.82 Å². The second kappa shape index (κ2) is 4.22. The summed E-state index contributed by atoms with van der Waals surface area (Å²) in [7, 11) is 0. The van der Waals surface area contributed by atoms with E-state index in [9.17, 15) is 4.79 Å². The van der Waals surface area contributed by atoms with Gasteiger partial charge < -0.3 is 4.98 Å². The number of hydrogen-bond acceptors (Lipinski definition) is 2. The second-order valence-corrected chi connectivity index (χ2v) is 3.48. The van der Waals surface area contributed by atoms with Crippen LogP contribution in [-0.4, -0.2) is 9.97 Å². The summed E-state index contributed by atoms with van der Waals surface area (Å²) >= 11 is 0. The van der Waals surface area contributed by atoms with Crippen molar-refractivity contribution in [1.29, 1.82) is 0 Å². The monoisotopic (exact) mass is 192 g/mol. The molecule has 1 rings (SSSR count). The highest BCUT2D eigenvalue weighted by Crippen LogP contribution is 2.16. The van der Waals surface area contributed by atoms with E-state index in [1.165, 1.54) is 0 Å². The maximum absolute atomic E-state index is 11.4. The lowest BCUT2D eigenvalue weighted by Crippen LogP contribution is -2.15. The molecule has 0 aliphatic rings. The average Bonchev–Trinajstić information content (AvgIpc) is 2.11. The molecular weight excluding hydrogens is 176 g/mol. The molecule has 1 aromatic rings. The minimum atomic E-state index is -0.0650. The van der Waals surface area contributed by atoms with Crippen molar-refractivity contribution in [2.45, 2.75) is 33.6 Å². The van der Waals surface area contributed by atoms with Crippen LogP contribution in [0.25, 0.3) is 5.57 Å². The van der Waals surface area contributed by atoms with E-state index < -0.39 is 0 Å². The molecule has 0 unspecified atom stereocenters. The fourth-order valence-corrected chi connectivity index (χ4v) is 1.41. The summed E-state index contributed by atoms with van der Waals surface area (Å²) in [6, 6.07) is 0. The Hall–Kier alpha value is -1.38. The van der Waals surface area contributed by atoms with Gasteiger partial charge >= 0.3 is 0 Å². The highest BCUT2D eigenvalue weighted by atomic mass is 16.1. The number of allylic oxidation sites excluding steroid dienone is 1. The first-order valence-corrected chi connectivity index (χ1v) is 4.82. The molecule has 76 valence electrons. The largest absolute Gasteiger partial charge is 0.311 e. The first kappa shape index (κ1) is 10.7. The van der Waals surface area contributed by atoms with Gasteiger partial charge in [0, 0.05) is 5.56 Å². The summed E-state index contributed by atoms with van der Waals surface area (Å²) in [4.78, 5) is 18.4. The first-order valence-electron chi connectivity index (χ1n) is 4.82. The lowest BCUT2D eigenvalue weighted by Gasteiger charge is -2.07. The van der Waals surface area contributed by atoms with Gasteiger partial charge in [0.05, 0.1) is 5.69 Å². The Morgan fingerprint density at radius 2 is 2.14 bits per heavy atom. The minimum Gasteiger partial charge on any atom is -0.311 e. The Balaban J connectivity index is 3.20. The Morgan fingerprint density at radius 3 is 2.71 bits per heavy atom. The van der Waals surface area contributed by atoms with Gasteiger partial charge in [0.15, 0.2) is 0 Å². The van der Waals surface area contributed by atoms with Gasteiger partial charge in [-0.15, -0.1) is 0 Å². The predicted octanol–water partition coefficient (Wildman–Crippen LogP) is 2.20. The number of aromatic nitrogens is 2. The zero-order valence-electron chi connectivity index (χ0n) is 8.98.